The van der Waals surface area contributed by atoms with Crippen LogP contribution in [0.15, 0.2) is 64.1 Å². The summed E-state index contributed by atoms with van der Waals surface area (Å²) >= 11 is 1.43. The van der Waals surface area contributed by atoms with Crippen LogP contribution in [0.5, 0.6) is 5.75 Å². The second kappa shape index (κ2) is 7.10. The van der Waals surface area contributed by atoms with Crippen LogP contribution in [0.2, 0.25) is 0 Å². The summed E-state index contributed by atoms with van der Waals surface area (Å²) in [4.78, 5) is 10.9. The van der Waals surface area contributed by atoms with Gasteiger partial charge in [0.25, 0.3) is 5.69 Å². The van der Waals surface area contributed by atoms with Crippen LogP contribution < -0.4 is 4.80 Å². The number of non-ortho nitro benzene ring substituents is 1. The average Bonchev–Trinajstić information content (AvgIpc) is 2.97. The minimum absolute atomic E-state index is 0.0946. The van der Waals surface area contributed by atoms with E-state index in [9.17, 15) is 15.2 Å². The molecule has 2 aromatic carbocycles. The van der Waals surface area contributed by atoms with Gasteiger partial charge in [-0.3, -0.25) is 14.7 Å². The Labute approximate surface area is 147 Å². The molecule has 126 valence electrons. The predicted octanol–water partition coefficient (Wildman–Crippen LogP) is 3.40. The zero-order valence-corrected chi connectivity index (χ0v) is 14.1. The zero-order chi connectivity index (χ0) is 17.8. The van der Waals surface area contributed by atoms with E-state index < -0.39 is 4.92 Å². The van der Waals surface area contributed by atoms with E-state index >= 15 is 0 Å². The van der Waals surface area contributed by atoms with Crippen molar-refractivity contribution in [3.8, 4) is 11.4 Å². The number of hydrogen-bond donors (Lipinski definition) is 1. The molecule has 0 bridgehead atoms. The molecule has 1 aromatic heterocycles. The molecule has 3 aromatic rings. The smallest absolute Gasteiger partial charge is 0.270 e. The number of para-hydroxylation sites is 1. The Morgan fingerprint density at radius 1 is 1.24 bits per heavy atom. The highest BCUT2D eigenvalue weighted by molar-refractivity contribution is 7.07. The van der Waals surface area contributed by atoms with Gasteiger partial charge in [0.05, 0.1) is 11.1 Å². The maximum Gasteiger partial charge on any atom is 0.270 e. The molecule has 0 aliphatic carbocycles. The van der Waals surface area contributed by atoms with Crippen LogP contribution >= 0.6 is 11.3 Å². The van der Waals surface area contributed by atoms with E-state index in [1.165, 1.54) is 35.8 Å². The number of aromatic hydroxyl groups is 1. The number of thiazole rings is 1. The number of nitro benzene ring substituents is 1. The number of phenols is 1. The number of rotatable bonds is 4. The number of benzene rings is 2. The summed E-state index contributed by atoms with van der Waals surface area (Å²) < 4.78 is 1.95. The first kappa shape index (κ1) is 16.6. The van der Waals surface area contributed by atoms with Gasteiger partial charge in [0.2, 0.25) is 4.80 Å². The highest BCUT2D eigenvalue weighted by Gasteiger charge is 2.08. The van der Waals surface area contributed by atoms with Gasteiger partial charge in [0, 0.05) is 34.5 Å². The number of hydrogen-bond acceptors (Lipinski definition) is 6. The van der Waals surface area contributed by atoms with E-state index in [2.05, 4.69) is 10.2 Å². The van der Waals surface area contributed by atoms with Crippen molar-refractivity contribution in [1.29, 1.82) is 0 Å². The normalized spacial score (nSPS) is 12.0. The van der Waals surface area contributed by atoms with Crippen LogP contribution in [0.4, 0.5) is 5.69 Å². The number of aromatic nitrogens is 1. The molecular formula is C17H14N4O3S. The first-order valence-electron chi connectivity index (χ1n) is 7.33. The van der Waals surface area contributed by atoms with Crippen molar-refractivity contribution in [3.63, 3.8) is 0 Å². The highest BCUT2D eigenvalue weighted by atomic mass is 32.1. The number of aryl methyl sites for hydroxylation is 1. The molecule has 0 aliphatic rings. The van der Waals surface area contributed by atoms with Gasteiger partial charge < -0.3 is 5.11 Å². The lowest BCUT2D eigenvalue weighted by Gasteiger charge is -2.04. The number of phenolic OH excluding ortho intramolecular Hbond substituents is 1. The molecule has 7 nitrogen and oxygen atoms in total. The lowest BCUT2D eigenvalue weighted by molar-refractivity contribution is -0.384. The molecule has 0 amide bonds. The molecule has 0 fully saturated rings. The van der Waals surface area contributed by atoms with Crippen molar-refractivity contribution in [2.75, 3.05) is 0 Å². The second-order valence-electron chi connectivity index (χ2n) is 5.18. The van der Waals surface area contributed by atoms with E-state index in [1.54, 1.807) is 0 Å². The monoisotopic (exact) mass is 354 g/mol. The van der Waals surface area contributed by atoms with E-state index in [0.717, 1.165) is 11.4 Å². The molecule has 0 saturated heterocycles. The van der Waals surface area contributed by atoms with E-state index in [0.29, 0.717) is 4.80 Å². The molecule has 25 heavy (non-hydrogen) atoms. The molecule has 3 rings (SSSR count). The quantitative estimate of drug-likeness (QED) is 0.442. The van der Waals surface area contributed by atoms with Gasteiger partial charge in [0.1, 0.15) is 5.75 Å². The van der Waals surface area contributed by atoms with Crippen molar-refractivity contribution in [2.45, 2.75) is 6.92 Å². The minimum Gasteiger partial charge on any atom is -0.507 e. The summed E-state index contributed by atoms with van der Waals surface area (Å²) in [5.74, 6) is -0.0946. The van der Waals surface area contributed by atoms with Gasteiger partial charge in [-0.05, 0) is 25.1 Å². The summed E-state index contributed by atoms with van der Waals surface area (Å²) in [6.07, 6.45) is 1.30. The van der Waals surface area contributed by atoms with Crippen molar-refractivity contribution in [2.24, 2.45) is 10.2 Å². The fraction of sp³-hybridized carbons (Fsp3) is 0.0588. The van der Waals surface area contributed by atoms with Gasteiger partial charge in [-0.25, -0.2) is 0 Å². The van der Waals surface area contributed by atoms with E-state index in [4.69, 9.17) is 0 Å². The predicted molar refractivity (Wildman–Crippen MR) is 96.3 cm³/mol. The lowest BCUT2D eigenvalue weighted by atomic mass is 10.2. The summed E-state index contributed by atoms with van der Waals surface area (Å²) in [6.45, 7) is 1.97. The third-order valence-electron chi connectivity index (χ3n) is 3.46. The Bertz CT molecular complexity index is 1010. The fourth-order valence-corrected chi connectivity index (χ4v) is 3.08. The van der Waals surface area contributed by atoms with Crippen LogP contribution in [0.25, 0.3) is 5.69 Å². The molecule has 0 spiro atoms. The van der Waals surface area contributed by atoms with Crippen LogP contribution in [0.3, 0.4) is 0 Å². The lowest BCUT2D eigenvalue weighted by Crippen LogP contribution is -2.13. The first-order valence-corrected chi connectivity index (χ1v) is 8.21. The Kier molecular flexibility index (Phi) is 4.71. The summed E-state index contributed by atoms with van der Waals surface area (Å²) in [7, 11) is 0. The third-order valence-corrected chi connectivity index (χ3v) is 4.39. The average molecular weight is 354 g/mol. The van der Waals surface area contributed by atoms with Crippen molar-refractivity contribution >= 4 is 23.2 Å². The summed E-state index contributed by atoms with van der Waals surface area (Å²) in [5, 5.41) is 30.7. The molecule has 0 unspecified atom stereocenters. The molecule has 0 aliphatic heterocycles. The topological polar surface area (TPSA) is 93.0 Å². The SMILES string of the molecule is Cc1cs/c(=N\N=C/c2cc([N+](=O)[O-])ccc2O)n1-c1ccccc1. The maximum atomic E-state index is 10.8. The largest absolute Gasteiger partial charge is 0.507 e. The molecule has 0 atom stereocenters. The first-order chi connectivity index (χ1) is 12.1. The molecular weight excluding hydrogens is 340 g/mol. The van der Waals surface area contributed by atoms with Gasteiger partial charge in [0.15, 0.2) is 0 Å². The number of nitro groups is 1. The molecule has 1 N–H and O–H groups in total. The zero-order valence-electron chi connectivity index (χ0n) is 13.2. The third kappa shape index (κ3) is 3.64. The molecule has 0 radical (unpaired) electrons. The van der Waals surface area contributed by atoms with Crippen LogP contribution in [-0.2, 0) is 0 Å². The van der Waals surface area contributed by atoms with Crippen LogP contribution in [0, 0.1) is 17.0 Å². The van der Waals surface area contributed by atoms with Gasteiger partial charge in [-0.15, -0.1) is 16.4 Å². The van der Waals surface area contributed by atoms with Crippen molar-refractivity contribution in [3.05, 3.63) is 80.1 Å². The van der Waals surface area contributed by atoms with E-state index in [1.807, 2.05) is 47.2 Å². The second-order valence-corrected chi connectivity index (χ2v) is 6.01. The molecule has 0 saturated carbocycles. The van der Waals surface area contributed by atoms with Crippen molar-refractivity contribution < 1.29 is 10.0 Å². The van der Waals surface area contributed by atoms with Gasteiger partial charge in [-0.1, -0.05) is 18.2 Å². The minimum atomic E-state index is -0.528. The Morgan fingerprint density at radius 3 is 2.72 bits per heavy atom. The van der Waals surface area contributed by atoms with Gasteiger partial charge >= 0.3 is 0 Å². The van der Waals surface area contributed by atoms with E-state index in [-0.39, 0.29) is 17.0 Å². The maximum absolute atomic E-state index is 10.8. The highest BCUT2D eigenvalue weighted by Crippen LogP contribution is 2.21. The van der Waals surface area contributed by atoms with Crippen molar-refractivity contribution in [1.82, 2.24) is 4.57 Å². The Morgan fingerprint density at radius 2 is 2.00 bits per heavy atom. The number of nitrogens with zero attached hydrogens (tertiary/aromatic N) is 4. The fourth-order valence-electron chi connectivity index (χ4n) is 2.25. The Balaban J connectivity index is 1.98. The van der Waals surface area contributed by atoms with Crippen LogP contribution in [0.1, 0.15) is 11.3 Å². The molecule has 1 heterocycles. The summed E-state index contributed by atoms with van der Waals surface area (Å²) in [5.41, 5.74) is 2.10. The standard InChI is InChI=1S/C17H14N4O3S/c1-12-11-25-17(20(12)14-5-3-2-4-6-14)19-18-10-13-9-15(21(23)24)7-8-16(13)22/h2-11,22H,1H3/b18-10-,19-17-. The van der Waals surface area contributed by atoms with Crippen LogP contribution in [-0.4, -0.2) is 20.8 Å². The van der Waals surface area contributed by atoms with Gasteiger partial charge in [-0.2, -0.15) is 5.10 Å². The Hall–Kier alpha value is -3.26. The summed E-state index contributed by atoms with van der Waals surface area (Å²) in [6, 6.07) is 13.5. The molecule has 8 heteroatoms.